The van der Waals surface area contributed by atoms with Crippen molar-refractivity contribution in [2.45, 2.75) is 105 Å². The van der Waals surface area contributed by atoms with Crippen molar-refractivity contribution in [3.8, 4) is 0 Å². The third-order valence-corrected chi connectivity index (χ3v) is 7.49. The summed E-state index contributed by atoms with van der Waals surface area (Å²) in [6.45, 7) is 15.1. The van der Waals surface area contributed by atoms with Crippen LogP contribution in [0.4, 0.5) is 0 Å². The van der Waals surface area contributed by atoms with Gasteiger partial charge in [0.25, 0.3) is 0 Å². The minimum atomic E-state index is -0.984. The lowest BCUT2D eigenvalue weighted by atomic mass is 9.97. The zero-order valence-electron chi connectivity index (χ0n) is 26.7. The van der Waals surface area contributed by atoms with Gasteiger partial charge >= 0.3 is 0 Å². The van der Waals surface area contributed by atoms with Crippen molar-refractivity contribution in [3.63, 3.8) is 0 Å². The van der Waals surface area contributed by atoms with Gasteiger partial charge in [-0.05, 0) is 42.1 Å². The van der Waals surface area contributed by atoms with Gasteiger partial charge in [0.15, 0.2) is 0 Å². The van der Waals surface area contributed by atoms with Gasteiger partial charge in [0.05, 0.1) is 0 Å². The fraction of sp³-hybridized carbons (Fsp3) is 0.656. The molecule has 1 aromatic carbocycles. The molecular formula is C32H51N5O5. The average Bonchev–Trinajstić information content (AvgIpc) is 2.89. The Balaban J connectivity index is 2.65. The number of hydrogen-bond donors (Lipinski definition) is 4. The summed E-state index contributed by atoms with van der Waals surface area (Å²) < 4.78 is 0. The highest BCUT2D eigenvalue weighted by atomic mass is 16.2. The number of carbonyl (C=O) groups is 5. The van der Waals surface area contributed by atoms with Gasteiger partial charge in [-0.1, -0.05) is 85.7 Å². The maximum Gasteiger partial charge on any atom is 0.245 e. The van der Waals surface area contributed by atoms with Gasteiger partial charge in [0, 0.05) is 13.5 Å². The number of nitrogens with zero attached hydrogens (tertiary/aromatic N) is 1. The maximum atomic E-state index is 14.0. The predicted octanol–water partition coefficient (Wildman–Crippen LogP) is 2.41. The number of rotatable bonds is 8. The van der Waals surface area contributed by atoms with E-state index < -0.39 is 59.7 Å². The van der Waals surface area contributed by atoms with Crippen LogP contribution < -0.4 is 21.3 Å². The summed E-state index contributed by atoms with van der Waals surface area (Å²) in [6, 6.07) is 4.68. The Morgan fingerprint density at radius 2 is 1.10 bits per heavy atom. The Bertz CT molecular complexity index is 1090. The predicted molar refractivity (Wildman–Crippen MR) is 163 cm³/mol. The number of benzene rings is 1. The molecule has 1 heterocycles. The van der Waals surface area contributed by atoms with Gasteiger partial charge < -0.3 is 26.2 Å². The number of amides is 5. The van der Waals surface area contributed by atoms with Gasteiger partial charge in [-0.2, -0.15) is 0 Å². The van der Waals surface area contributed by atoms with Crippen LogP contribution >= 0.6 is 0 Å². The molecule has 2 rings (SSSR count). The van der Waals surface area contributed by atoms with Gasteiger partial charge in [-0.3, -0.25) is 24.0 Å². The first kappa shape index (κ1) is 34.8. The van der Waals surface area contributed by atoms with Crippen LogP contribution in [0.5, 0.6) is 0 Å². The smallest absolute Gasteiger partial charge is 0.245 e. The molecule has 0 spiro atoms. The third-order valence-electron chi connectivity index (χ3n) is 7.49. The summed E-state index contributed by atoms with van der Waals surface area (Å²) in [6.07, 6.45) is 0.886. The monoisotopic (exact) mass is 585 g/mol. The molecule has 0 unspecified atom stereocenters. The Labute approximate surface area is 251 Å². The third kappa shape index (κ3) is 9.84. The second-order valence-electron chi connectivity index (χ2n) is 13.0. The highest BCUT2D eigenvalue weighted by molar-refractivity contribution is 5.98. The SMILES string of the molecule is CC(C)C[C@@H]1NC(=O)[C@H](C(C)C)N(C)C(=O)[C@H](Cc2ccccc2)NC(=O)[C@H](CC(C)C)NC(=O)[C@@H](C(C)C)NC1=O. The zero-order valence-corrected chi connectivity index (χ0v) is 26.7. The Hall–Kier alpha value is -3.43. The van der Waals surface area contributed by atoms with Crippen LogP contribution in [0.25, 0.3) is 0 Å². The fourth-order valence-electron chi connectivity index (χ4n) is 5.34. The molecule has 0 radical (unpaired) electrons. The maximum absolute atomic E-state index is 14.0. The molecule has 5 atom stereocenters. The van der Waals surface area contributed by atoms with Crippen molar-refractivity contribution in [3.05, 3.63) is 35.9 Å². The normalized spacial score (nSPS) is 25.2. The quantitative estimate of drug-likeness (QED) is 0.372. The molecule has 0 aliphatic carbocycles. The first-order chi connectivity index (χ1) is 19.6. The van der Waals surface area contributed by atoms with E-state index in [2.05, 4.69) is 21.3 Å². The van der Waals surface area contributed by atoms with Crippen molar-refractivity contribution in [2.24, 2.45) is 23.7 Å². The van der Waals surface area contributed by atoms with Crippen LogP contribution in [-0.4, -0.2) is 71.7 Å². The molecule has 0 saturated carbocycles. The lowest BCUT2D eigenvalue weighted by molar-refractivity contribution is -0.144. The molecule has 10 nitrogen and oxygen atoms in total. The van der Waals surface area contributed by atoms with Gasteiger partial charge in [0.1, 0.15) is 30.2 Å². The highest BCUT2D eigenvalue weighted by Crippen LogP contribution is 2.17. The van der Waals surface area contributed by atoms with Gasteiger partial charge in [-0.25, -0.2) is 0 Å². The molecule has 1 aromatic rings. The molecule has 1 aliphatic heterocycles. The number of carbonyl (C=O) groups excluding carboxylic acids is 5. The molecule has 234 valence electrons. The largest absolute Gasteiger partial charge is 0.343 e. The van der Waals surface area contributed by atoms with E-state index in [9.17, 15) is 24.0 Å². The van der Waals surface area contributed by atoms with E-state index in [4.69, 9.17) is 0 Å². The molecule has 10 heteroatoms. The summed E-state index contributed by atoms with van der Waals surface area (Å²) in [7, 11) is 1.55. The van der Waals surface area contributed by atoms with Crippen molar-refractivity contribution in [1.82, 2.24) is 26.2 Å². The number of nitrogens with one attached hydrogen (secondary N) is 4. The van der Waals surface area contributed by atoms with E-state index >= 15 is 0 Å². The molecular weight excluding hydrogens is 534 g/mol. The minimum absolute atomic E-state index is 0.0590. The second-order valence-corrected chi connectivity index (χ2v) is 13.0. The van der Waals surface area contributed by atoms with E-state index in [1.165, 1.54) is 4.90 Å². The number of hydrogen-bond acceptors (Lipinski definition) is 5. The Kier molecular flexibility index (Phi) is 13.0. The number of likely N-dealkylation sites (N-methyl/N-ethyl adjacent to an activating group) is 1. The fourth-order valence-corrected chi connectivity index (χ4v) is 5.34. The van der Waals surface area contributed by atoms with E-state index in [0.29, 0.717) is 12.8 Å². The molecule has 42 heavy (non-hydrogen) atoms. The topological polar surface area (TPSA) is 137 Å². The molecule has 1 aliphatic rings. The van der Waals surface area contributed by atoms with Crippen molar-refractivity contribution < 1.29 is 24.0 Å². The zero-order chi connectivity index (χ0) is 31.7. The average molecular weight is 586 g/mol. The Morgan fingerprint density at radius 1 is 0.619 bits per heavy atom. The first-order valence-corrected chi connectivity index (χ1v) is 15.1. The molecule has 0 aromatic heterocycles. The van der Waals surface area contributed by atoms with Crippen molar-refractivity contribution in [1.29, 1.82) is 0 Å². The van der Waals surface area contributed by atoms with E-state index in [1.54, 1.807) is 7.05 Å². The molecule has 1 saturated heterocycles. The van der Waals surface area contributed by atoms with Crippen molar-refractivity contribution in [2.75, 3.05) is 7.05 Å². The van der Waals surface area contributed by atoms with Gasteiger partial charge in [0.2, 0.25) is 29.5 Å². The van der Waals surface area contributed by atoms with Crippen LogP contribution in [0.3, 0.4) is 0 Å². The van der Waals surface area contributed by atoms with Gasteiger partial charge in [-0.15, -0.1) is 0 Å². The van der Waals surface area contributed by atoms with Crippen LogP contribution in [0.1, 0.15) is 73.8 Å². The summed E-state index contributed by atoms with van der Waals surface area (Å²) in [4.78, 5) is 69.9. The Morgan fingerprint density at radius 3 is 1.57 bits per heavy atom. The molecule has 4 N–H and O–H groups in total. The lowest BCUT2D eigenvalue weighted by Gasteiger charge is -2.34. The summed E-state index contributed by atoms with van der Waals surface area (Å²) in [5, 5.41) is 11.4. The van der Waals surface area contributed by atoms with E-state index in [0.717, 1.165) is 5.56 Å². The first-order valence-electron chi connectivity index (χ1n) is 15.1. The van der Waals surface area contributed by atoms with Crippen LogP contribution in [0.15, 0.2) is 30.3 Å². The van der Waals surface area contributed by atoms with Crippen LogP contribution in [-0.2, 0) is 30.4 Å². The van der Waals surface area contributed by atoms with Crippen LogP contribution in [0, 0.1) is 23.7 Å². The van der Waals surface area contributed by atoms with Crippen molar-refractivity contribution >= 4 is 29.5 Å². The van der Waals surface area contributed by atoms with E-state index in [1.807, 2.05) is 85.7 Å². The molecule has 0 bridgehead atoms. The summed E-state index contributed by atoms with van der Waals surface area (Å²) in [5.41, 5.74) is 0.837. The standard InChI is InChI=1S/C32H51N5O5/c1-18(2)15-23-28(38)35-25(17-22-13-11-10-12-14-22)32(42)37(9)27(21(7)8)31(41)34-24(16-19(3)4)29(39)36-26(20(5)6)30(40)33-23/h10-14,18-21,23-27H,15-17H2,1-9H3,(H,33,40)(H,34,41)(H,35,38)(H,36,39)/t23-,24-,25-,26+,27-/m0/s1. The lowest BCUT2D eigenvalue weighted by Crippen LogP contribution is -2.59. The summed E-state index contributed by atoms with van der Waals surface area (Å²) in [5.74, 6) is -2.82. The van der Waals surface area contributed by atoms with Crippen LogP contribution in [0.2, 0.25) is 0 Å². The molecule has 5 amide bonds. The second kappa shape index (κ2) is 15.7. The minimum Gasteiger partial charge on any atom is -0.343 e. The van der Waals surface area contributed by atoms with E-state index in [-0.39, 0.29) is 30.1 Å². The summed E-state index contributed by atoms with van der Waals surface area (Å²) >= 11 is 0. The highest BCUT2D eigenvalue weighted by Gasteiger charge is 2.38. The molecule has 1 fully saturated rings.